The minimum atomic E-state index is -0.0131. The van der Waals surface area contributed by atoms with E-state index in [4.69, 9.17) is 4.74 Å². The van der Waals surface area contributed by atoms with Crippen LogP contribution in [0.4, 0.5) is 0 Å². The van der Waals surface area contributed by atoms with Crippen molar-refractivity contribution in [2.75, 3.05) is 26.8 Å². The Hall–Kier alpha value is -0.910. The lowest BCUT2D eigenvalue weighted by Gasteiger charge is -2.07. The normalized spacial score (nSPS) is 10.4. The molecule has 0 saturated carbocycles. The Morgan fingerprint density at radius 1 is 1.44 bits per heavy atom. The second-order valence-corrected chi connectivity index (χ2v) is 4.88. The van der Waals surface area contributed by atoms with Crippen molar-refractivity contribution in [1.29, 1.82) is 0 Å². The van der Waals surface area contributed by atoms with Gasteiger partial charge in [0.1, 0.15) is 0 Å². The number of carbonyl (C=O) groups excluding carboxylic acids is 1. The van der Waals surface area contributed by atoms with Crippen LogP contribution in [0.1, 0.15) is 11.1 Å². The predicted octanol–water partition coefficient (Wildman–Crippen LogP) is 1.61. The van der Waals surface area contributed by atoms with Crippen LogP contribution in [-0.4, -0.2) is 32.7 Å². The molecule has 0 fully saturated rings. The topological polar surface area (TPSA) is 50.4 Å². The van der Waals surface area contributed by atoms with Gasteiger partial charge in [-0.1, -0.05) is 28.1 Å². The lowest BCUT2D eigenvalue weighted by atomic mass is 10.1. The van der Waals surface area contributed by atoms with Gasteiger partial charge < -0.3 is 15.4 Å². The van der Waals surface area contributed by atoms with Gasteiger partial charge in [-0.05, 0) is 24.1 Å². The number of methoxy groups -OCH3 is 1. The molecule has 1 amide bonds. The van der Waals surface area contributed by atoms with Gasteiger partial charge in [0.05, 0.1) is 13.2 Å². The van der Waals surface area contributed by atoms with E-state index in [9.17, 15) is 4.79 Å². The summed E-state index contributed by atoms with van der Waals surface area (Å²) in [6, 6.07) is 6.15. The van der Waals surface area contributed by atoms with Crippen LogP contribution in [0, 0.1) is 6.92 Å². The van der Waals surface area contributed by atoms with Crippen LogP contribution in [0.5, 0.6) is 0 Å². The number of benzene rings is 1. The Kier molecular flexibility index (Phi) is 6.93. The summed E-state index contributed by atoms with van der Waals surface area (Å²) >= 11 is 3.46. The minimum Gasteiger partial charge on any atom is -0.383 e. The third-order valence-corrected chi connectivity index (χ3v) is 3.36. The number of ether oxygens (including phenoxy) is 1. The first-order valence-corrected chi connectivity index (χ1v) is 6.64. The van der Waals surface area contributed by atoms with E-state index in [2.05, 4.69) is 32.6 Å². The second-order valence-electron chi connectivity index (χ2n) is 4.03. The van der Waals surface area contributed by atoms with E-state index < -0.39 is 0 Å². The summed E-state index contributed by atoms with van der Waals surface area (Å²) in [6.07, 6.45) is 0. The summed E-state index contributed by atoms with van der Waals surface area (Å²) in [5, 5.41) is 5.86. The first-order chi connectivity index (χ1) is 8.63. The molecular weight excluding hydrogens is 296 g/mol. The van der Waals surface area contributed by atoms with Gasteiger partial charge >= 0.3 is 0 Å². The number of carbonyl (C=O) groups is 1. The maximum Gasteiger partial charge on any atom is 0.234 e. The molecule has 1 rings (SSSR count). The molecule has 0 radical (unpaired) electrons. The number of hydrogen-bond donors (Lipinski definition) is 2. The molecule has 0 heterocycles. The summed E-state index contributed by atoms with van der Waals surface area (Å²) in [7, 11) is 1.61. The van der Waals surface area contributed by atoms with Crippen LogP contribution in [0.25, 0.3) is 0 Å². The van der Waals surface area contributed by atoms with E-state index in [1.807, 2.05) is 19.1 Å². The Balaban J connectivity index is 2.24. The summed E-state index contributed by atoms with van der Waals surface area (Å²) in [5.41, 5.74) is 2.36. The third kappa shape index (κ3) is 5.62. The van der Waals surface area contributed by atoms with E-state index in [0.29, 0.717) is 26.2 Å². The van der Waals surface area contributed by atoms with Crippen molar-refractivity contribution in [3.8, 4) is 0 Å². The monoisotopic (exact) mass is 314 g/mol. The molecule has 0 unspecified atom stereocenters. The molecule has 0 aliphatic rings. The average Bonchev–Trinajstić information content (AvgIpc) is 2.34. The summed E-state index contributed by atoms with van der Waals surface area (Å²) in [4.78, 5) is 11.4. The number of halogens is 1. The molecule has 18 heavy (non-hydrogen) atoms. The maximum atomic E-state index is 11.4. The van der Waals surface area contributed by atoms with E-state index in [1.165, 1.54) is 11.1 Å². The van der Waals surface area contributed by atoms with Crippen molar-refractivity contribution < 1.29 is 9.53 Å². The fourth-order valence-corrected chi connectivity index (χ4v) is 1.74. The third-order valence-electron chi connectivity index (χ3n) is 2.47. The summed E-state index contributed by atoms with van der Waals surface area (Å²) < 4.78 is 5.95. The van der Waals surface area contributed by atoms with Gasteiger partial charge in [0.15, 0.2) is 0 Å². The smallest absolute Gasteiger partial charge is 0.234 e. The summed E-state index contributed by atoms with van der Waals surface area (Å²) in [5.74, 6) is -0.0131. The van der Waals surface area contributed by atoms with Crippen LogP contribution in [0.3, 0.4) is 0 Å². The fraction of sp³-hybridized carbons (Fsp3) is 0.462. The van der Waals surface area contributed by atoms with Crippen LogP contribution in [-0.2, 0) is 16.1 Å². The van der Waals surface area contributed by atoms with Crippen molar-refractivity contribution in [1.82, 2.24) is 10.6 Å². The lowest BCUT2D eigenvalue weighted by Crippen LogP contribution is -2.35. The van der Waals surface area contributed by atoms with Gasteiger partial charge in [-0.3, -0.25) is 4.79 Å². The van der Waals surface area contributed by atoms with Crippen molar-refractivity contribution in [3.63, 3.8) is 0 Å². The van der Waals surface area contributed by atoms with Crippen LogP contribution < -0.4 is 10.6 Å². The molecule has 0 atom stereocenters. The van der Waals surface area contributed by atoms with Gasteiger partial charge in [0.2, 0.25) is 5.91 Å². The quantitative estimate of drug-likeness (QED) is 0.752. The minimum absolute atomic E-state index is 0.0131. The highest BCUT2D eigenvalue weighted by Gasteiger charge is 2.01. The van der Waals surface area contributed by atoms with Crippen molar-refractivity contribution in [3.05, 3.63) is 33.8 Å². The number of rotatable bonds is 7. The second kappa shape index (κ2) is 8.24. The Labute approximate surface area is 116 Å². The molecule has 0 bridgehead atoms. The highest BCUT2D eigenvalue weighted by Crippen LogP contribution is 2.16. The first-order valence-electron chi connectivity index (χ1n) is 5.85. The Morgan fingerprint density at radius 2 is 2.22 bits per heavy atom. The molecule has 0 spiro atoms. The zero-order valence-electron chi connectivity index (χ0n) is 10.8. The molecule has 0 aromatic heterocycles. The lowest BCUT2D eigenvalue weighted by molar-refractivity contribution is -0.120. The van der Waals surface area contributed by atoms with E-state index in [1.54, 1.807) is 7.11 Å². The first kappa shape index (κ1) is 15.1. The fourth-order valence-electron chi connectivity index (χ4n) is 1.49. The average molecular weight is 315 g/mol. The van der Waals surface area contributed by atoms with E-state index in [0.717, 1.165) is 4.47 Å². The largest absolute Gasteiger partial charge is 0.383 e. The number of aryl methyl sites for hydroxylation is 1. The van der Waals surface area contributed by atoms with Crippen molar-refractivity contribution in [2.24, 2.45) is 0 Å². The Morgan fingerprint density at radius 3 is 2.89 bits per heavy atom. The number of nitrogens with one attached hydrogen (secondary N) is 2. The number of amides is 1. The predicted molar refractivity (Wildman–Crippen MR) is 75.5 cm³/mol. The number of hydrogen-bond acceptors (Lipinski definition) is 3. The molecular formula is C13H19BrN2O2. The SMILES string of the molecule is COCCNC(=O)CNCc1ccc(Br)c(C)c1. The molecule has 4 nitrogen and oxygen atoms in total. The van der Waals surface area contributed by atoms with Gasteiger partial charge in [-0.15, -0.1) is 0 Å². The van der Waals surface area contributed by atoms with Gasteiger partial charge in [0.25, 0.3) is 0 Å². The molecule has 1 aromatic carbocycles. The van der Waals surface area contributed by atoms with Crippen molar-refractivity contribution in [2.45, 2.75) is 13.5 Å². The molecule has 1 aromatic rings. The van der Waals surface area contributed by atoms with Gasteiger partial charge in [0, 0.05) is 24.7 Å². The molecule has 0 saturated heterocycles. The van der Waals surface area contributed by atoms with Crippen molar-refractivity contribution >= 4 is 21.8 Å². The molecule has 0 aliphatic carbocycles. The van der Waals surface area contributed by atoms with E-state index in [-0.39, 0.29) is 5.91 Å². The highest BCUT2D eigenvalue weighted by molar-refractivity contribution is 9.10. The van der Waals surface area contributed by atoms with E-state index >= 15 is 0 Å². The Bertz CT molecular complexity index is 397. The van der Waals surface area contributed by atoms with Crippen LogP contribution >= 0.6 is 15.9 Å². The van der Waals surface area contributed by atoms with Gasteiger partial charge in [-0.25, -0.2) is 0 Å². The van der Waals surface area contributed by atoms with Crippen LogP contribution in [0.15, 0.2) is 22.7 Å². The van der Waals surface area contributed by atoms with Gasteiger partial charge in [-0.2, -0.15) is 0 Å². The molecule has 0 aliphatic heterocycles. The summed E-state index contributed by atoms with van der Waals surface area (Å²) in [6.45, 7) is 4.14. The van der Waals surface area contributed by atoms with Crippen LogP contribution in [0.2, 0.25) is 0 Å². The highest BCUT2D eigenvalue weighted by atomic mass is 79.9. The molecule has 100 valence electrons. The standard InChI is InChI=1S/C13H19BrN2O2/c1-10-7-11(3-4-12(10)14)8-15-9-13(17)16-5-6-18-2/h3-4,7,15H,5-6,8-9H2,1-2H3,(H,16,17). The molecule has 2 N–H and O–H groups in total. The molecule has 5 heteroatoms. The zero-order valence-corrected chi connectivity index (χ0v) is 12.3. The zero-order chi connectivity index (χ0) is 13.4. The maximum absolute atomic E-state index is 11.4.